The number of aromatic nitrogens is 2. The van der Waals surface area contributed by atoms with Gasteiger partial charge in [0.05, 0.1) is 12.2 Å². The summed E-state index contributed by atoms with van der Waals surface area (Å²) in [6.45, 7) is 4.00. The number of hydrogen-bond donors (Lipinski definition) is 1. The summed E-state index contributed by atoms with van der Waals surface area (Å²) in [5, 5.41) is 8.83. The molecule has 1 unspecified atom stereocenters. The number of hydrogen-bond acceptors (Lipinski definition) is 5. The van der Waals surface area contributed by atoms with E-state index in [1.54, 1.807) is 25.1 Å². The molecule has 1 atom stereocenters. The van der Waals surface area contributed by atoms with Crippen LogP contribution in [0.15, 0.2) is 55.0 Å². The molecule has 3 rings (SSSR count). The zero-order valence-electron chi connectivity index (χ0n) is 18.8. The monoisotopic (exact) mass is 474 g/mol. The van der Waals surface area contributed by atoms with Gasteiger partial charge in [0.2, 0.25) is 5.88 Å². The average molecular weight is 474 g/mol. The maximum Gasteiger partial charge on any atom is 0.417 e. The van der Waals surface area contributed by atoms with E-state index < -0.39 is 17.7 Å². The fourth-order valence-corrected chi connectivity index (χ4v) is 3.30. The molecule has 0 amide bonds. The summed E-state index contributed by atoms with van der Waals surface area (Å²) in [6.07, 6.45) is -0.173. The molecule has 1 N–H and O–H groups in total. The number of halogens is 3. The maximum absolute atomic E-state index is 13.2. The molecule has 0 saturated heterocycles. The van der Waals surface area contributed by atoms with E-state index in [0.29, 0.717) is 30.8 Å². The standard InChI is InChI=1S/C25H25F3N2O4/c1-16-12-21(7-5-18(16)6-8-23(31)32)33-11-9-17(2)34-24-22(19-4-3-10-29-14-19)13-20(15-30-24)25(26,27)28/h3-5,7,10,12-15,17H,6,8-9,11H2,1-2H3,(H,31,32). The lowest BCUT2D eigenvalue weighted by molar-refractivity contribution is -0.138. The van der Waals surface area contributed by atoms with Crippen LogP contribution in [-0.2, 0) is 17.4 Å². The second-order valence-electron chi connectivity index (χ2n) is 7.86. The van der Waals surface area contributed by atoms with Gasteiger partial charge in [-0.1, -0.05) is 12.1 Å². The largest absolute Gasteiger partial charge is 0.493 e. The highest BCUT2D eigenvalue weighted by molar-refractivity contribution is 5.68. The van der Waals surface area contributed by atoms with Crippen LogP contribution >= 0.6 is 0 Å². The third kappa shape index (κ3) is 6.94. The second kappa shape index (κ2) is 11.0. The van der Waals surface area contributed by atoms with E-state index in [-0.39, 0.29) is 24.0 Å². The summed E-state index contributed by atoms with van der Waals surface area (Å²) in [6, 6.07) is 9.77. The number of alkyl halides is 3. The van der Waals surface area contributed by atoms with Crippen molar-refractivity contribution in [2.24, 2.45) is 0 Å². The van der Waals surface area contributed by atoms with Crippen molar-refractivity contribution in [3.05, 3.63) is 71.7 Å². The van der Waals surface area contributed by atoms with Crippen molar-refractivity contribution in [1.29, 1.82) is 0 Å². The van der Waals surface area contributed by atoms with Crippen LogP contribution in [0, 0.1) is 6.92 Å². The highest BCUT2D eigenvalue weighted by Gasteiger charge is 2.32. The fraction of sp³-hybridized carbons (Fsp3) is 0.320. The lowest BCUT2D eigenvalue weighted by atomic mass is 10.0. The number of carbonyl (C=O) groups is 1. The summed E-state index contributed by atoms with van der Waals surface area (Å²) in [7, 11) is 0. The molecule has 2 aromatic heterocycles. The third-order valence-corrected chi connectivity index (χ3v) is 5.18. The molecule has 180 valence electrons. The minimum atomic E-state index is -4.52. The van der Waals surface area contributed by atoms with Gasteiger partial charge in [0.25, 0.3) is 0 Å². The molecular weight excluding hydrogens is 449 g/mol. The van der Waals surface area contributed by atoms with Crippen LogP contribution < -0.4 is 9.47 Å². The SMILES string of the molecule is Cc1cc(OCCC(C)Oc2ncc(C(F)(F)F)cc2-c2cccnc2)ccc1CCC(=O)O. The van der Waals surface area contributed by atoms with Gasteiger partial charge in [-0.2, -0.15) is 13.2 Å². The second-order valence-corrected chi connectivity index (χ2v) is 7.86. The normalized spacial score (nSPS) is 12.3. The molecule has 6 nitrogen and oxygen atoms in total. The summed E-state index contributed by atoms with van der Waals surface area (Å²) in [5.74, 6) is -0.109. The average Bonchev–Trinajstić information content (AvgIpc) is 2.78. The molecule has 3 aromatic rings. The third-order valence-electron chi connectivity index (χ3n) is 5.18. The summed E-state index contributed by atoms with van der Waals surface area (Å²) >= 11 is 0. The first-order chi connectivity index (χ1) is 16.1. The molecule has 0 radical (unpaired) electrons. The van der Waals surface area contributed by atoms with E-state index in [2.05, 4.69) is 9.97 Å². The van der Waals surface area contributed by atoms with E-state index >= 15 is 0 Å². The Hall–Kier alpha value is -3.62. The van der Waals surface area contributed by atoms with Gasteiger partial charge < -0.3 is 14.6 Å². The number of nitrogens with zero attached hydrogens (tertiary/aromatic N) is 2. The van der Waals surface area contributed by atoms with Crippen molar-refractivity contribution in [1.82, 2.24) is 9.97 Å². The number of rotatable bonds is 10. The topological polar surface area (TPSA) is 81.5 Å². The van der Waals surface area contributed by atoms with Crippen molar-refractivity contribution in [3.63, 3.8) is 0 Å². The first-order valence-electron chi connectivity index (χ1n) is 10.7. The Bertz CT molecular complexity index is 1120. The molecule has 1 aromatic carbocycles. The van der Waals surface area contributed by atoms with Crippen molar-refractivity contribution in [2.75, 3.05) is 6.61 Å². The van der Waals surface area contributed by atoms with Crippen LogP contribution in [0.1, 0.15) is 36.5 Å². The molecule has 0 aliphatic heterocycles. The molecule has 34 heavy (non-hydrogen) atoms. The Morgan fingerprint density at radius 1 is 1.18 bits per heavy atom. The predicted octanol–water partition coefficient (Wildman–Crippen LogP) is 5.72. The van der Waals surface area contributed by atoms with Crippen molar-refractivity contribution in [3.8, 4) is 22.8 Å². The van der Waals surface area contributed by atoms with Gasteiger partial charge in [0, 0.05) is 42.6 Å². The van der Waals surface area contributed by atoms with Gasteiger partial charge in [-0.15, -0.1) is 0 Å². The highest BCUT2D eigenvalue weighted by Crippen LogP contribution is 2.36. The summed E-state index contributed by atoms with van der Waals surface area (Å²) in [5.41, 5.74) is 1.71. The van der Waals surface area contributed by atoms with E-state index in [1.165, 1.54) is 12.4 Å². The highest BCUT2D eigenvalue weighted by atomic mass is 19.4. The zero-order chi connectivity index (χ0) is 24.7. The maximum atomic E-state index is 13.2. The van der Waals surface area contributed by atoms with Crippen LogP contribution in [0.25, 0.3) is 11.1 Å². The van der Waals surface area contributed by atoms with Crippen LogP contribution in [0.4, 0.5) is 13.2 Å². The van der Waals surface area contributed by atoms with Crippen molar-refractivity contribution >= 4 is 5.97 Å². The van der Waals surface area contributed by atoms with Crippen molar-refractivity contribution in [2.45, 2.75) is 45.4 Å². The Balaban J connectivity index is 1.63. The predicted molar refractivity (Wildman–Crippen MR) is 120 cm³/mol. The van der Waals surface area contributed by atoms with E-state index in [9.17, 15) is 18.0 Å². The summed E-state index contributed by atoms with van der Waals surface area (Å²) in [4.78, 5) is 18.7. The first kappa shape index (κ1) is 25.0. The number of aliphatic carboxylic acids is 1. The quantitative estimate of drug-likeness (QED) is 0.405. The number of carboxylic acid groups (broad SMARTS) is 1. The smallest absolute Gasteiger partial charge is 0.417 e. The van der Waals surface area contributed by atoms with Gasteiger partial charge in [0.15, 0.2) is 0 Å². The molecular formula is C25H25F3N2O4. The van der Waals surface area contributed by atoms with E-state index in [0.717, 1.165) is 23.4 Å². The lowest BCUT2D eigenvalue weighted by Crippen LogP contribution is -2.17. The Morgan fingerprint density at radius 3 is 2.62 bits per heavy atom. The molecule has 0 saturated carbocycles. The fourth-order valence-electron chi connectivity index (χ4n) is 3.30. The van der Waals surface area contributed by atoms with E-state index in [4.69, 9.17) is 14.6 Å². The minimum absolute atomic E-state index is 0.0644. The van der Waals surface area contributed by atoms with Gasteiger partial charge in [-0.05, 0) is 55.7 Å². The van der Waals surface area contributed by atoms with Gasteiger partial charge in [0.1, 0.15) is 11.9 Å². The molecule has 0 spiro atoms. The van der Waals surface area contributed by atoms with Crippen LogP contribution in [0.5, 0.6) is 11.6 Å². The zero-order valence-corrected chi connectivity index (χ0v) is 18.8. The molecule has 0 aliphatic carbocycles. The van der Waals surface area contributed by atoms with E-state index in [1.807, 2.05) is 19.1 Å². The Morgan fingerprint density at radius 2 is 1.97 bits per heavy atom. The molecule has 0 bridgehead atoms. The van der Waals surface area contributed by atoms with Gasteiger partial charge in [-0.3, -0.25) is 9.78 Å². The number of aryl methyl sites for hydroxylation is 2. The van der Waals surface area contributed by atoms with Crippen LogP contribution in [-0.4, -0.2) is 33.8 Å². The number of ether oxygens (including phenoxy) is 2. The molecule has 0 aliphatic rings. The Kier molecular flexibility index (Phi) is 8.09. The molecule has 9 heteroatoms. The van der Waals surface area contributed by atoms with Crippen molar-refractivity contribution < 1.29 is 32.5 Å². The Labute approximate surface area is 195 Å². The molecule has 0 fully saturated rings. The lowest BCUT2D eigenvalue weighted by Gasteiger charge is -2.18. The first-order valence-corrected chi connectivity index (χ1v) is 10.7. The minimum Gasteiger partial charge on any atom is -0.493 e. The van der Waals surface area contributed by atoms with Gasteiger partial charge >= 0.3 is 12.1 Å². The summed E-state index contributed by atoms with van der Waals surface area (Å²) < 4.78 is 51.2. The number of benzene rings is 1. The number of carboxylic acids is 1. The number of pyridine rings is 2. The van der Waals surface area contributed by atoms with Crippen LogP contribution in [0.3, 0.4) is 0 Å². The van der Waals surface area contributed by atoms with Crippen LogP contribution in [0.2, 0.25) is 0 Å². The molecule has 2 heterocycles. The van der Waals surface area contributed by atoms with Gasteiger partial charge in [-0.25, -0.2) is 4.98 Å².